The Hall–Kier alpha value is -0.810. The standard InChI is InChI=1S/C8H18N2O3/c1-10(2)5-4-9-8(11)13-7-6-12-3/h4-7H2,1-3H3,(H,9,11). The highest BCUT2D eigenvalue weighted by molar-refractivity contribution is 5.67. The Morgan fingerprint density at radius 1 is 1.38 bits per heavy atom. The molecule has 0 aromatic rings. The number of alkyl carbamates (subject to hydrolysis) is 1. The largest absolute Gasteiger partial charge is 0.447 e. The van der Waals surface area contributed by atoms with Crippen LogP contribution in [-0.4, -0.2) is 58.5 Å². The molecule has 0 aromatic heterocycles. The van der Waals surface area contributed by atoms with Crippen LogP contribution in [0.1, 0.15) is 0 Å². The first-order valence-corrected chi connectivity index (χ1v) is 4.21. The summed E-state index contributed by atoms with van der Waals surface area (Å²) in [5, 5.41) is 2.61. The van der Waals surface area contributed by atoms with E-state index in [0.29, 0.717) is 19.8 Å². The van der Waals surface area contributed by atoms with Crippen LogP contribution in [0.25, 0.3) is 0 Å². The van der Waals surface area contributed by atoms with Gasteiger partial charge in [-0.3, -0.25) is 0 Å². The van der Waals surface area contributed by atoms with Gasteiger partial charge in [0.2, 0.25) is 0 Å². The van der Waals surface area contributed by atoms with Crippen LogP contribution in [0.3, 0.4) is 0 Å². The highest BCUT2D eigenvalue weighted by atomic mass is 16.6. The molecule has 0 saturated carbocycles. The molecule has 0 atom stereocenters. The molecule has 0 radical (unpaired) electrons. The molecule has 5 nitrogen and oxygen atoms in total. The smallest absolute Gasteiger partial charge is 0.407 e. The minimum absolute atomic E-state index is 0.296. The van der Waals surface area contributed by atoms with Crippen molar-refractivity contribution >= 4 is 6.09 Å². The average Bonchev–Trinajstić information content (AvgIpc) is 2.04. The molecule has 0 aliphatic heterocycles. The summed E-state index contributed by atoms with van der Waals surface area (Å²) in [5.74, 6) is 0. The van der Waals surface area contributed by atoms with E-state index in [1.165, 1.54) is 0 Å². The first-order chi connectivity index (χ1) is 6.16. The van der Waals surface area contributed by atoms with E-state index in [1.54, 1.807) is 7.11 Å². The topological polar surface area (TPSA) is 50.8 Å². The predicted molar refractivity (Wildman–Crippen MR) is 49.8 cm³/mol. The van der Waals surface area contributed by atoms with Crippen LogP contribution >= 0.6 is 0 Å². The number of ether oxygens (including phenoxy) is 2. The number of methoxy groups -OCH3 is 1. The first-order valence-electron chi connectivity index (χ1n) is 4.21. The van der Waals surface area contributed by atoms with Gasteiger partial charge in [-0.1, -0.05) is 0 Å². The molecule has 0 heterocycles. The monoisotopic (exact) mass is 190 g/mol. The van der Waals surface area contributed by atoms with Gasteiger partial charge in [0.15, 0.2) is 0 Å². The van der Waals surface area contributed by atoms with Crippen LogP contribution in [0, 0.1) is 0 Å². The molecule has 1 N–H and O–H groups in total. The third kappa shape index (κ3) is 9.10. The van der Waals surface area contributed by atoms with Crippen molar-refractivity contribution in [1.29, 1.82) is 0 Å². The Morgan fingerprint density at radius 3 is 2.62 bits per heavy atom. The summed E-state index contributed by atoms with van der Waals surface area (Å²) in [6.07, 6.45) is -0.390. The number of nitrogens with one attached hydrogen (secondary N) is 1. The van der Waals surface area contributed by atoms with Crippen LogP contribution < -0.4 is 5.32 Å². The fraction of sp³-hybridized carbons (Fsp3) is 0.875. The number of carbonyl (C=O) groups is 1. The summed E-state index contributed by atoms with van der Waals surface area (Å²) in [5.41, 5.74) is 0. The number of amides is 1. The first kappa shape index (κ1) is 12.2. The van der Waals surface area contributed by atoms with E-state index in [4.69, 9.17) is 9.47 Å². The summed E-state index contributed by atoms with van der Waals surface area (Å²) in [6.45, 7) is 2.13. The molecule has 1 amide bonds. The Kier molecular flexibility index (Phi) is 7.33. The van der Waals surface area contributed by atoms with Gasteiger partial charge in [0.25, 0.3) is 0 Å². The Balaban J connectivity index is 3.20. The molecule has 0 spiro atoms. The van der Waals surface area contributed by atoms with Gasteiger partial charge in [0.1, 0.15) is 6.61 Å². The molecular formula is C8H18N2O3. The lowest BCUT2D eigenvalue weighted by molar-refractivity contribution is 0.0983. The molecule has 5 heteroatoms. The third-order valence-corrected chi connectivity index (χ3v) is 1.35. The minimum Gasteiger partial charge on any atom is -0.447 e. The molecule has 0 fully saturated rings. The number of rotatable bonds is 6. The van der Waals surface area contributed by atoms with Crippen LogP contribution in [0.15, 0.2) is 0 Å². The number of likely N-dealkylation sites (N-methyl/N-ethyl adjacent to an activating group) is 1. The Labute approximate surface area is 79.0 Å². The van der Waals surface area contributed by atoms with Gasteiger partial charge in [0, 0.05) is 20.2 Å². The van der Waals surface area contributed by atoms with Crippen molar-refractivity contribution in [2.45, 2.75) is 0 Å². The summed E-state index contributed by atoms with van der Waals surface area (Å²) in [4.78, 5) is 12.9. The van der Waals surface area contributed by atoms with Gasteiger partial charge in [-0.15, -0.1) is 0 Å². The van der Waals surface area contributed by atoms with Crippen molar-refractivity contribution in [2.75, 3.05) is 47.5 Å². The van der Waals surface area contributed by atoms with Crippen molar-refractivity contribution < 1.29 is 14.3 Å². The second kappa shape index (κ2) is 7.82. The minimum atomic E-state index is -0.390. The van der Waals surface area contributed by atoms with E-state index in [0.717, 1.165) is 6.54 Å². The third-order valence-electron chi connectivity index (χ3n) is 1.35. The zero-order chi connectivity index (χ0) is 10.1. The normalized spacial score (nSPS) is 10.2. The fourth-order valence-electron chi connectivity index (χ4n) is 0.650. The van der Waals surface area contributed by atoms with E-state index in [2.05, 4.69) is 5.32 Å². The van der Waals surface area contributed by atoms with Gasteiger partial charge in [-0.25, -0.2) is 4.79 Å². The lowest BCUT2D eigenvalue weighted by Crippen LogP contribution is -2.32. The molecule has 13 heavy (non-hydrogen) atoms. The summed E-state index contributed by atoms with van der Waals surface area (Å²) in [6, 6.07) is 0. The maximum atomic E-state index is 10.9. The van der Waals surface area contributed by atoms with Crippen LogP contribution in [0.2, 0.25) is 0 Å². The molecule has 0 bridgehead atoms. The average molecular weight is 190 g/mol. The zero-order valence-electron chi connectivity index (χ0n) is 8.50. The van der Waals surface area contributed by atoms with E-state index in [1.807, 2.05) is 19.0 Å². The van der Waals surface area contributed by atoms with Crippen molar-refractivity contribution in [1.82, 2.24) is 10.2 Å². The maximum Gasteiger partial charge on any atom is 0.407 e. The second-order valence-electron chi connectivity index (χ2n) is 2.86. The molecule has 78 valence electrons. The lowest BCUT2D eigenvalue weighted by Gasteiger charge is -2.10. The summed E-state index contributed by atoms with van der Waals surface area (Å²) >= 11 is 0. The second-order valence-corrected chi connectivity index (χ2v) is 2.86. The number of nitrogens with zero attached hydrogens (tertiary/aromatic N) is 1. The van der Waals surface area contributed by atoms with Gasteiger partial charge < -0.3 is 19.7 Å². The Bertz CT molecular complexity index is 139. The maximum absolute atomic E-state index is 10.9. The molecule has 0 aliphatic carbocycles. The molecule has 0 saturated heterocycles. The van der Waals surface area contributed by atoms with Crippen LogP contribution in [0.5, 0.6) is 0 Å². The van der Waals surface area contributed by atoms with E-state index in [9.17, 15) is 4.79 Å². The van der Waals surface area contributed by atoms with E-state index in [-0.39, 0.29) is 6.09 Å². The lowest BCUT2D eigenvalue weighted by atomic mass is 10.6. The fourth-order valence-corrected chi connectivity index (χ4v) is 0.650. The molecule has 0 unspecified atom stereocenters. The molecule has 0 aliphatic rings. The van der Waals surface area contributed by atoms with Crippen molar-refractivity contribution in [3.8, 4) is 0 Å². The molecule has 0 rings (SSSR count). The highest BCUT2D eigenvalue weighted by Crippen LogP contribution is 1.78. The van der Waals surface area contributed by atoms with Gasteiger partial charge >= 0.3 is 6.09 Å². The van der Waals surface area contributed by atoms with Crippen molar-refractivity contribution in [3.63, 3.8) is 0 Å². The van der Waals surface area contributed by atoms with E-state index < -0.39 is 0 Å². The number of carbonyl (C=O) groups excluding carboxylic acids is 1. The zero-order valence-corrected chi connectivity index (χ0v) is 8.50. The van der Waals surface area contributed by atoms with Gasteiger partial charge in [-0.2, -0.15) is 0 Å². The molecule has 0 aromatic carbocycles. The summed E-state index contributed by atoms with van der Waals surface area (Å²) in [7, 11) is 5.45. The van der Waals surface area contributed by atoms with Crippen LogP contribution in [-0.2, 0) is 9.47 Å². The van der Waals surface area contributed by atoms with Gasteiger partial charge in [-0.05, 0) is 14.1 Å². The highest BCUT2D eigenvalue weighted by Gasteiger charge is 1.99. The number of hydrogen-bond acceptors (Lipinski definition) is 4. The van der Waals surface area contributed by atoms with Crippen LogP contribution in [0.4, 0.5) is 4.79 Å². The molecular weight excluding hydrogens is 172 g/mol. The van der Waals surface area contributed by atoms with Gasteiger partial charge in [0.05, 0.1) is 6.61 Å². The van der Waals surface area contributed by atoms with Crippen molar-refractivity contribution in [3.05, 3.63) is 0 Å². The Morgan fingerprint density at radius 2 is 2.08 bits per heavy atom. The summed E-state index contributed by atoms with van der Waals surface area (Å²) < 4.78 is 9.49. The predicted octanol–water partition coefficient (Wildman–Crippen LogP) is -0.0794. The number of hydrogen-bond donors (Lipinski definition) is 1. The SMILES string of the molecule is COCCOC(=O)NCCN(C)C. The van der Waals surface area contributed by atoms with E-state index >= 15 is 0 Å². The van der Waals surface area contributed by atoms with Crippen molar-refractivity contribution in [2.24, 2.45) is 0 Å². The quantitative estimate of drug-likeness (QED) is 0.595.